The van der Waals surface area contributed by atoms with Gasteiger partial charge in [-0.1, -0.05) is 13.3 Å². The van der Waals surface area contributed by atoms with Crippen molar-refractivity contribution in [3.05, 3.63) is 16.6 Å². The van der Waals surface area contributed by atoms with E-state index >= 15 is 0 Å². The number of unbranched alkanes of at least 4 members (excludes halogenated alkanes) is 1. The van der Waals surface area contributed by atoms with Gasteiger partial charge in [0.25, 0.3) is 0 Å². The molecule has 0 unspecified atom stereocenters. The molecule has 0 fully saturated rings. The van der Waals surface area contributed by atoms with Crippen LogP contribution in [0.3, 0.4) is 0 Å². The van der Waals surface area contributed by atoms with Crippen molar-refractivity contribution in [2.75, 3.05) is 0 Å². The van der Waals surface area contributed by atoms with Gasteiger partial charge in [-0.25, -0.2) is 4.98 Å². The summed E-state index contributed by atoms with van der Waals surface area (Å²) in [7, 11) is 1.99. The zero-order chi connectivity index (χ0) is 8.27. The summed E-state index contributed by atoms with van der Waals surface area (Å²) in [4.78, 5) is 4.27. The second kappa shape index (κ2) is 3.90. The van der Waals surface area contributed by atoms with E-state index in [2.05, 4.69) is 27.8 Å². The Morgan fingerprint density at radius 2 is 2.36 bits per heavy atom. The van der Waals surface area contributed by atoms with Crippen molar-refractivity contribution in [3.63, 3.8) is 0 Å². The van der Waals surface area contributed by atoms with Gasteiger partial charge in [-0.15, -0.1) is 0 Å². The van der Waals surface area contributed by atoms with Gasteiger partial charge < -0.3 is 4.57 Å². The van der Waals surface area contributed by atoms with E-state index in [1.807, 2.05) is 17.9 Å². The largest absolute Gasteiger partial charge is 0.328 e. The van der Waals surface area contributed by atoms with Gasteiger partial charge in [0.05, 0.1) is 12.0 Å². The van der Waals surface area contributed by atoms with Crippen molar-refractivity contribution in [1.29, 1.82) is 0 Å². The molecule has 0 aliphatic rings. The van der Waals surface area contributed by atoms with Gasteiger partial charge >= 0.3 is 0 Å². The van der Waals surface area contributed by atoms with Crippen LogP contribution in [0.15, 0.2) is 10.9 Å². The van der Waals surface area contributed by atoms with Gasteiger partial charge in [0.1, 0.15) is 4.60 Å². The maximum Gasteiger partial charge on any atom is 0.107 e. The molecule has 0 bridgehead atoms. The van der Waals surface area contributed by atoms with E-state index in [0.717, 1.165) is 11.0 Å². The van der Waals surface area contributed by atoms with Crippen LogP contribution in [-0.4, -0.2) is 9.55 Å². The number of halogens is 1. The zero-order valence-corrected chi connectivity index (χ0v) is 8.56. The van der Waals surface area contributed by atoms with E-state index in [1.54, 1.807) is 0 Å². The summed E-state index contributed by atoms with van der Waals surface area (Å²) in [6.07, 6.45) is 5.37. The summed E-state index contributed by atoms with van der Waals surface area (Å²) in [5.41, 5.74) is 1.18. The standard InChI is InChI=1S/C8H13BrN2/c1-3-4-5-7-8(9)11(2)6-10-7/h6H,3-5H2,1-2H3. The van der Waals surface area contributed by atoms with Crippen LogP contribution < -0.4 is 0 Å². The average Bonchev–Trinajstić information content (AvgIpc) is 2.31. The first-order valence-electron chi connectivity index (χ1n) is 3.91. The molecule has 0 saturated heterocycles. The molecule has 1 aromatic rings. The van der Waals surface area contributed by atoms with Crippen LogP contribution in [0.2, 0.25) is 0 Å². The van der Waals surface area contributed by atoms with Crippen LogP contribution in [-0.2, 0) is 13.5 Å². The lowest BCUT2D eigenvalue weighted by atomic mass is 10.2. The van der Waals surface area contributed by atoms with Gasteiger partial charge in [0.15, 0.2) is 0 Å². The lowest BCUT2D eigenvalue weighted by molar-refractivity contribution is 0.775. The topological polar surface area (TPSA) is 17.8 Å². The van der Waals surface area contributed by atoms with Gasteiger partial charge in [0, 0.05) is 7.05 Å². The van der Waals surface area contributed by atoms with Crippen molar-refractivity contribution in [2.24, 2.45) is 7.05 Å². The molecule has 2 nitrogen and oxygen atoms in total. The molecule has 0 aliphatic carbocycles. The maximum absolute atomic E-state index is 4.27. The van der Waals surface area contributed by atoms with Crippen LogP contribution in [0.25, 0.3) is 0 Å². The van der Waals surface area contributed by atoms with Crippen molar-refractivity contribution < 1.29 is 0 Å². The molecule has 62 valence electrons. The molecule has 1 heterocycles. The summed E-state index contributed by atoms with van der Waals surface area (Å²) in [5.74, 6) is 0. The number of rotatable bonds is 3. The molecule has 3 heteroatoms. The lowest BCUT2D eigenvalue weighted by Crippen LogP contribution is -1.88. The molecule has 0 spiro atoms. The smallest absolute Gasteiger partial charge is 0.107 e. The quantitative estimate of drug-likeness (QED) is 0.760. The Morgan fingerprint density at radius 3 is 2.82 bits per heavy atom. The molecule has 0 amide bonds. The van der Waals surface area contributed by atoms with Crippen LogP contribution in [0, 0.1) is 0 Å². The molecule has 0 saturated carbocycles. The highest BCUT2D eigenvalue weighted by Crippen LogP contribution is 2.15. The van der Waals surface area contributed by atoms with Gasteiger partial charge in [-0.05, 0) is 28.8 Å². The Hall–Kier alpha value is -0.310. The second-order valence-electron chi connectivity index (χ2n) is 2.70. The number of aromatic nitrogens is 2. The minimum absolute atomic E-state index is 1.08. The Balaban J connectivity index is 2.63. The Kier molecular flexibility index (Phi) is 3.12. The fourth-order valence-corrected chi connectivity index (χ4v) is 1.37. The average molecular weight is 217 g/mol. The van der Waals surface area contributed by atoms with Crippen molar-refractivity contribution in [3.8, 4) is 0 Å². The SMILES string of the molecule is CCCCc1ncn(C)c1Br. The highest BCUT2D eigenvalue weighted by atomic mass is 79.9. The predicted octanol–water partition coefficient (Wildman–Crippen LogP) is 2.53. The Morgan fingerprint density at radius 1 is 1.64 bits per heavy atom. The molecule has 0 atom stereocenters. The molecule has 0 aromatic carbocycles. The highest BCUT2D eigenvalue weighted by Gasteiger charge is 2.03. The number of hydrogen-bond acceptors (Lipinski definition) is 1. The van der Waals surface area contributed by atoms with Crippen LogP contribution >= 0.6 is 15.9 Å². The van der Waals surface area contributed by atoms with Crippen LogP contribution in [0.4, 0.5) is 0 Å². The predicted molar refractivity (Wildman–Crippen MR) is 49.5 cm³/mol. The molecule has 0 radical (unpaired) electrons. The highest BCUT2D eigenvalue weighted by molar-refractivity contribution is 9.10. The molecule has 0 aliphatic heterocycles. The van der Waals surface area contributed by atoms with Crippen molar-refractivity contribution >= 4 is 15.9 Å². The Labute approximate surface area is 75.8 Å². The van der Waals surface area contributed by atoms with Crippen LogP contribution in [0.1, 0.15) is 25.5 Å². The van der Waals surface area contributed by atoms with Gasteiger partial charge in [0.2, 0.25) is 0 Å². The minimum atomic E-state index is 1.08. The van der Waals surface area contributed by atoms with Crippen molar-refractivity contribution in [1.82, 2.24) is 9.55 Å². The third-order valence-corrected chi connectivity index (χ3v) is 2.72. The third kappa shape index (κ3) is 2.06. The van der Waals surface area contributed by atoms with E-state index < -0.39 is 0 Å². The van der Waals surface area contributed by atoms with E-state index in [-0.39, 0.29) is 0 Å². The van der Waals surface area contributed by atoms with Gasteiger partial charge in [-0.2, -0.15) is 0 Å². The fraction of sp³-hybridized carbons (Fsp3) is 0.625. The third-order valence-electron chi connectivity index (χ3n) is 1.70. The summed E-state index contributed by atoms with van der Waals surface area (Å²) >= 11 is 3.48. The first kappa shape index (κ1) is 8.78. The molecular formula is C8H13BrN2. The normalized spacial score (nSPS) is 10.5. The molecule has 1 aromatic heterocycles. The first-order chi connectivity index (χ1) is 5.25. The van der Waals surface area contributed by atoms with Crippen LogP contribution in [0.5, 0.6) is 0 Å². The van der Waals surface area contributed by atoms with Crippen molar-refractivity contribution in [2.45, 2.75) is 26.2 Å². The molecule has 11 heavy (non-hydrogen) atoms. The molecular weight excluding hydrogens is 204 g/mol. The zero-order valence-electron chi connectivity index (χ0n) is 6.97. The summed E-state index contributed by atoms with van der Waals surface area (Å²) < 4.78 is 3.11. The lowest BCUT2D eigenvalue weighted by Gasteiger charge is -1.95. The summed E-state index contributed by atoms with van der Waals surface area (Å²) in [6.45, 7) is 2.19. The Bertz CT molecular complexity index is 230. The van der Waals surface area contributed by atoms with E-state index in [9.17, 15) is 0 Å². The number of hydrogen-bond donors (Lipinski definition) is 0. The number of imidazole rings is 1. The minimum Gasteiger partial charge on any atom is -0.328 e. The van der Waals surface area contributed by atoms with E-state index in [0.29, 0.717) is 0 Å². The summed E-state index contributed by atoms with van der Waals surface area (Å²) in [6, 6.07) is 0. The fourth-order valence-electron chi connectivity index (χ4n) is 0.976. The number of aryl methyl sites for hydroxylation is 2. The van der Waals surface area contributed by atoms with E-state index in [4.69, 9.17) is 0 Å². The van der Waals surface area contributed by atoms with E-state index in [1.165, 1.54) is 18.5 Å². The van der Waals surface area contributed by atoms with Gasteiger partial charge in [-0.3, -0.25) is 0 Å². The molecule has 0 N–H and O–H groups in total. The molecule has 1 rings (SSSR count). The monoisotopic (exact) mass is 216 g/mol. The maximum atomic E-state index is 4.27. The second-order valence-corrected chi connectivity index (χ2v) is 3.45. The number of nitrogens with zero attached hydrogens (tertiary/aromatic N) is 2. The first-order valence-corrected chi connectivity index (χ1v) is 4.70. The summed E-state index contributed by atoms with van der Waals surface area (Å²) in [5, 5.41) is 0.